The minimum atomic E-state index is -0.0133. The molecule has 2 aromatic rings. The average Bonchev–Trinajstić information content (AvgIpc) is 2.49. The Balaban J connectivity index is 2.46. The molecule has 1 N–H and O–H groups in total. The van der Waals surface area contributed by atoms with Crippen molar-refractivity contribution >= 4 is 15.9 Å². The predicted molar refractivity (Wildman–Crippen MR) is 82.4 cm³/mol. The second-order valence-electron chi connectivity index (χ2n) is 4.27. The van der Waals surface area contributed by atoms with Gasteiger partial charge in [-0.1, -0.05) is 22.0 Å². The number of rotatable bonds is 5. The number of hydrogen-bond donors (Lipinski definition) is 1. The number of aromatic nitrogens is 1. The number of halogens is 1. The standard InChI is InChI=1S/C15H17BrN2O2/c1-17-15(10-6-12(19-2)9-18-8-10)13-5-4-11(16)7-14(13)20-3/h4-9,15,17H,1-3H3. The molecule has 106 valence electrons. The molecule has 20 heavy (non-hydrogen) atoms. The minimum Gasteiger partial charge on any atom is -0.496 e. The van der Waals surface area contributed by atoms with E-state index in [2.05, 4.69) is 26.2 Å². The number of ether oxygens (including phenoxy) is 2. The maximum atomic E-state index is 5.47. The van der Waals surface area contributed by atoms with Crippen LogP contribution in [0.5, 0.6) is 11.5 Å². The Morgan fingerprint density at radius 2 is 1.95 bits per heavy atom. The third kappa shape index (κ3) is 3.11. The summed E-state index contributed by atoms with van der Waals surface area (Å²) in [6, 6.07) is 7.93. The van der Waals surface area contributed by atoms with Gasteiger partial charge < -0.3 is 14.8 Å². The molecule has 0 fully saturated rings. The molecule has 0 aliphatic rings. The van der Waals surface area contributed by atoms with E-state index in [1.54, 1.807) is 20.4 Å². The van der Waals surface area contributed by atoms with E-state index in [4.69, 9.17) is 9.47 Å². The first-order valence-corrected chi connectivity index (χ1v) is 6.98. The number of benzene rings is 1. The van der Waals surface area contributed by atoms with Gasteiger partial charge in [0.05, 0.1) is 26.5 Å². The molecule has 0 aliphatic heterocycles. The lowest BCUT2D eigenvalue weighted by Crippen LogP contribution is -2.18. The molecular weight excluding hydrogens is 320 g/mol. The summed E-state index contributed by atoms with van der Waals surface area (Å²) in [4.78, 5) is 4.21. The van der Waals surface area contributed by atoms with E-state index in [-0.39, 0.29) is 6.04 Å². The van der Waals surface area contributed by atoms with Crippen LogP contribution in [0.1, 0.15) is 17.2 Å². The van der Waals surface area contributed by atoms with Gasteiger partial charge in [-0.25, -0.2) is 0 Å². The van der Waals surface area contributed by atoms with Crippen molar-refractivity contribution in [3.05, 3.63) is 52.3 Å². The molecule has 1 heterocycles. The summed E-state index contributed by atoms with van der Waals surface area (Å²) < 4.78 is 11.7. The normalized spacial score (nSPS) is 12.0. The van der Waals surface area contributed by atoms with Gasteiger partial charge in [-0.05, 0) is 30.8 Å². The first kappa shape index (κ1) is 14.8. The lowest BCUT2D eigenvalue weighted by molar-refractivity contribution is 0.403. The number of hydrogen-bond acceptors (Lipinski definition) is 4. The van der Waals surface area contributed by atoms with Crippen LogP contribution in [0.4, 0.5) is 0 Å². The number of nitrogens with one attached hydrogen (secondary N) is 1. The summed E-state index contributed by atoms with van der Waals surface area (Å²) in [5, 5.41) is 3.29. The SMILES string of the molecule is CNC(c1cncc(OC)c1)c1ccc(Br)cc1OC. The van der Waals surface area contributed by atoms with E-state index in [9.17, 15) is 0 Å². The van der Waals surface area contributed by atoms with Gasteiger partial charge in [-0.3, -0.25) is 4.98 Å². The van der Waals surface area contributed by atoms with Crippen LogP contribution >= 0.6 is 15.9 Å². The third-order valence-electron chi connectivity index (χ3n) is 3.10. The van der Waals surface area contributed by atoms with Crippen LogP contribution in [0.3, 0.4) is 0 Å². The van der Waals surface area contributed by atoms with Crippen molar-refractivity contribution in [2.24, 2.45) is 0 Å². The molecule has 0 saturated carbocycles. The van der Waals surface area contributed by atoms with Crippen LogP contribution in [0.25, 0.3) is 0 Å². The van der Waals surface area contributed by atoms with E-state index in [0.29, 0.717) is 0 Å². The zero-order valence-electron chi connectivity index (χ0n) is 11.7. The van der Waals surface area contributed by atoms with Crippen LogP contribution in [0.2, 0.25) is 0 Å². The Labute approximate surface area is 127 Å². The average molecular weight is 337 g/mol. The molecule has 1 atom stereocenters. The van der Waals surface area contributed by atoms with E-state index < -0.39 is 0 Å². The molecule has 5 heteroatoms. The molecular formula is C15H17BrN2O2. The number of pyridine rings is 1. The predicted octanol–water partition coefficient (Wildman–Crippen LogP) is 3.17. The Kier molecular flexibility index (Phi) is 4.98. The third-order valence-corrected chi connectivity index (χ3v) is 3.59. The van der Waals surface area contributed by atoms with Crippen LogP contribution in [-0.4, -0.2) is 26.3 Å². The number of nitrogens with zero attached hydrogens (tertiary/aromatic N) is 1. The quantitative estimate of drug-likeness (QED) is 0.910. The van der Waals surface area contributed by atoms with Crippen molar-refractivity contribution < 1.29 is 9.47 Å². The smallest absolute Gasteiger partial charge is 0.137 e. The molecule has 0 saturated heterocycles. The van der Waals surface area contributed by atoms with Gasteiger partial charge in [-0.2, -0.15) is 0 Å². The van der Waals surface area contributed by atoms with Crippen molar-refractivity contribution in [1.29, 1.82) is 0 Å². The van der Waals surface area contributed by atoms with E-state index in [0.717, 1.165) is 27.1 Å². The lowest BCUT2D eigenvalue weighted by atomic mass is 9.99. The van der Waals surface area contributed by atoms with Gasteiger partial charge in [0.2, 0.25) is 0 Å². The summed E-state index contributed by atoms with van der Waals surface area (Å²) in [6.07, 6.45) is 3.51. The molecule has 4 nitrogen and oxygen atoms in total. The van der Waals surface area contributed by atoms with E-state index in [1.807, 2.05) is 37.5 Å². The fraction of sp³-hybridized carbons (Fsp3) is 0.267. The summed E-state index contributed by atoms with van der Waals surface area (Å²) >= 11 is 3.45. The van der Waals surface area contributed by atoms with Crippen molar-refractivity contribution in [2.45, 2.75) is 6.04 Å². The van der Waals surface area contributed by atoms with Gasteiger partial charge in [0, 0.05) is 16.2 Å². The summed E-state index contributed by atoms with van der Waals surface area (Å²) in [5.41, 5.74) is 2.07. The summed E-state index contributed by atoms with van der Waals surface area (Å²) in [7, 11) is 5.21. The maximum absolute atomic E-state index is 5.47. The minimum absolute atomic E-state index is 0.0133. The largest absolute Gasteiger partial charge is 0.496 e. The Morgan fingerprint density at radius 1 is 1.15 bits per heavy atom. The highest BCUT2D eigenvalue weighted by atomic mass is 79.9. The fourth-order valence-corrected chi connectivity index (χ4v) is 2.47. The highest BCUT2D eigenvalue weighted by molar-refractivity contribution is 9.10. The van der Waals surface area contributed by atoms with Crippen molar-refractivity contribution in [3.63, 3.8) is 0 Å². The molecule has 0 spiro atoms. The molecule has 2 rings (SSSR count). The van der Waals surface area contributed by atoms with E-state index >= 15 is 0 Å². The highest BCUT2D eigenvalue weighted by Crippen LogP contribution is 2.32. The molecule has 1 aromatic heterocycles. The van der Waals surface area contributed by atoms with Gasteiger partial charge in [0.15, 0.2) is 0 Å². The maximum Gasteiger partial charge on any atom is 0.137 e. The Bertz CT molecular complexity index is 590. The first-order chi connectivity index (χ1) is 9.69. The molecule has 1 aromatic carbocycles. The zero-order valence-corrected chi connectivity index (χ0v) is 13.3. The number of methoxy groups -OCH3 is 2. The van der Waals surface area contributed by atoms with Crippen molar-refractivity contribution in [3.8, 4) is 11.5 Å². The Hall–Kier alpha value is -1.59. The highest BCUT2D eigenvalue weighted by Gasteiger charge is 2.17. The van der Waals surface area contributed by atoms with Crippen LogP contribution in [0, 0.1) is 0 Å². The first-order valence-electron chi connectivity index (χ1n) is 6.19. The summed E-state index contributed by atoms with van der Waals surface area (Å²) in [6.45, 7) is 0. The molecule has 1 unspecified atom stereocenters. The van der Waals surface area contributed by atoms with Crippen molar-refractivity contribution in [1.82, 2.24) is 10.3 Å². The second kappa shape index (κ2) is 6.72. The lowest BCUT2D eigenvalue weighted by Gasteiger charge is -2.20. The van der Waals surface area contributed by atoms with Crippen LogP contribution in [-0.2, 0) is 0 Å². The molecule has 0 amide bonds. The van der Waals surface area contributed by atoms with Gasteiger partial charge >= 0.3 is 0 Å². The second-order valence-corrected chi connectivity index (χ2v) is 5.18. The van der Waals surface area contributed by atoms with Gasteiger partial charge in [0.25, 0.3) is 0 Å². The topological polar surface area (TPSA) is 43.4 Å². The zero-order chi connectivity index (χ0) is 14.5. The Morgan fingerprint density at radius 3 is 2.60 bits per heavy atom. The molecule has 0 radical (unpaired) electrons. The van der Waals surface area contributed by atoms with Gasteiger partial charge in [0.1, 0.15) is 11.5 Å². The fourth-order valence-electron chi connectivity index (χ4n) is 2.13. The molecule has 0 aliphatic carbocycles. The van der Waals surface area contributed by atoms with Crippen LogP contribution in [0.15, 0.2) is 41.1 Å². The van der Waals surface area contributed by atoms with Crippen LogP contribution < -0.4 is 14.8 Å². The van der Waals surface area contributed by atoms with Gasteiger partial charge in [-0.15, -0.1) is 0 Å². The molecule has 0 bridgehead atoms. The van der Waals surface area contributed by atoms with E-state index in [1.165, 1.54) is 0 Å². The summed E-state index contributed by atoms with van der Waals surface area (Å²) in [5.74, 6) is 1.56. The monoisotopic (exact) mass is 336 g/mol. The van der Waals surface area contributed by atoms with Crippen molar-refractivity contribution in [2.75, 3.05) is 21.3 Å².